The molecule has 2 unspecified atom stereocenters. The molecule has 8 nitrogen and oxygen atoms in total. The van der Waals surface area contributed by atoms with Crippen molar-refractivity contribution in [3.05, 3.63) is 38.7 Å². The van der Waals surface area contributed by atoms with Gasteiger partial charge in [-0.25, -0.2) is 9.78 Å². The molecule has 6 rings (SSSR count). The van der Waals surface area contributed by atoms with Crippen molar-refractivity contribution in [2.75, 3.05) is 18.0 Å². The lowest BCUT2D eigenvalue weighted by Gasteiger charge is -2.41. The molecular formula is C27H31N5O3S. The van der Waals surface area contributed by atoms with Crippen LogP contribution in [0.2, 0.25) is 0 Å². The van der Waals surface area contributed by atoms with Crippen molar-refractivity contribution >= 4 is 34.4 Å². The molecule has 4 heterocycles. The summed E-state index contributed by atoms with van der Waals surface area (Å²) in [4.78, 5) is 40.0. The summed E-state index contributed by atoms with van der Waals surface area (Å²) in [5.41, 5.74) is 4.15. The lowest BCUT2D eigenvalue weighted by molar-refractivity contribution is 0.0209. The molecule has 9 heteroatoms. The molecule has 0 spiro atoms. The average molecular weight is 506 g/mol. The Morgan fingerprint density at radius 1 is 1.25 bits per heavy atom. The van der Waals surface area contributed by atoms with Gasteiger partial charge in [0.25, 0.3) is 0 Å². The molecule has 1 N–H and O–H groups in total. The molecule has 2 atom stereocenters. The molecule has 0 saturated carbocycles. The second kappa shape index (κ2) is 7.69. The van der Waals surface area contributed by atoms with Crippen molar-refractivity contribution in [3.63, 3.8) is 0 Å². The number of nitrogens with zero attached hydrogens (tertiary/aromatic N) is 4. The van der Waals surface area contributed by atoms with E-state index in [1.807, 2.05) is 31.7 Å². The second-order valence-electron chi connectivity index (χ2n) is 11.9. The SMILES string of the molecule is CC(C)(C)OC(=O)N1CC2CCC(C1)N2c1nc2c(s1)C(=O)c1c([nH]c3c1CCC(C#N)=C3)C2(C)C. The monoisotopic (exact) mass is 505 g/mol. The number of carbonyl (C=O) groups excluding carboxylic acids is 2. The smallest absolute Gasteiger partial charge is 0.410 e. The van der Waals surface area contributed by atoms with Gasteiger partial charge >= 0.3 is 6.09 Å². The number of aromatic nitrogens is 2. The maximum atomic E-state index is 13.8. The summed E-state index contributed by atoms with van der Waals surface area (Å²) < 4.78 is 5.62. The zero-order valence-corrected chi connectivity index (χ0v) is 22.2. The highest BCUT2D eigenvalue weighted by Crippen LogP contribution is 2.48. The summed E-state index contributed by atoms with van der Waals surface area (Å²) in [6.45, 7) is 11.1. The van der Waals surface area contributed by atoms with E-state index >= 15 is 0 Å². The lowest BCUT2D eigenvalue weighted by atomic mass is 9.76. The summed E-state index contributed by atoms with van der Waals surface area (Å²) >= 11 is 1.49. The van der Waals surface area contributed by atoms with E-state index in [0.29, 0.717) is 30.8 Å². The minimum absolute atomic E-state index is 0.0362. The highest BCUT2D eigenvalue weighted by molar-refractivity contribution is 7.18. The summed E-state index contributed by atoms with van der Waals surface area (Å²) in [6.07, 6.45) is 4.96. The maximum absolute atomic E-state index is 13.8. The molecule has 2 fully saturated rings. The van der Waals surface area contributed by atoms with Crippen molar-refractivity contribution in [2.24, 2.45) is 0 Å². The molecule has 36 heavy (non-hydrogen) atoms. The van der Waals surface area contributed by atoms with E-state index in [1.54, 1.807) is 0 Å². The number of hydrogen-bond acceptors (Lipinski definition) is 7. The average Bonchev–Trinajstić information content (AvgIpc) is 3.48. The van der Waals surface area contributed by atoms with Gasteiger partial charge in [0.2, 0.25) is 5.78 Å². The number of hydrogen-bond donors (Lipinski definition) is 1. The number of ether oxygens (including phenoxy) is 1. The topological polar surface area (TPSA) is 102 Å². The van der Waals surface area contributed by atoms with Crippen molar-refractivity contribution in [2.45, 2.75) is 83.4 Å². The van der Waals surface area contributed by atoms with Crippen molar-refractivity contribution in [3.8, 4) is 6.07 Å². The fourth-order valence-corrected chi connectivity index (χ4v) is 7.49. The van der Waals surface area contributed by atoms with E-state index in [2.05, 4.69) is 29.8 Å². The number of aromatic amines is 1. The molecule has 2 aromatic heterocycles. The number of H-pyrrole nitrogens is 1. The molecule has 2 bridgehead atoms. The van der Waals surface area contributed by atoms with Gasteiger partial charge in [-0.05, 0) is 71.9 Å². The molecule has 4 aliphatic rings. The number of amides is 1. The predicted molar refractivity (Wildman–Crippen MR) is 137 cm³/mol. The Morgan fingerprint density at radius 3 is 2.58 bits per heavy atom. The zero-order valence-electron chi connectivity index (χ0n) is 21.4. The van der Waals surface area contributed by atoms with Gasteiger partial charge in [0, 0.05) is 53.1 Å². The first-order valence-electron chi connectivity index (χ1n) is 12.7. The number of allylic oxidation sites excluding steroid dienone is 1. The van der Waals surface area contributed by atoms with Crippen molar-refractivity contribution in [1.82, 2.24) is 14.9 Å². The number of ketones is 1. The second-order valence-corrected chi connectivity index (χ2v) is 12.8. The first-order valence-corrected chi connectivity index (χ1v) is 13.5. The number of fused-ring (bicyclic) bond motifs is 6. The van der Waals surface area contributed by atoms with Crippen LogP contribution in [0.3, 0.4) is 0 Å². The predicted octanol–water partition coefficient (Wildman–Crippen LogP) is 4.78. The van der Waals surface area contributed by atoms with Gasteiger partial charge in [0.05, 0.1) is 11.8 Å². The van der Waals surface area contributed by atoms with Crippen LogP contribution in [0.25, 0.3) is 6.08 Å². The third kappa shape index (κ3) is 3.41. The summed E-state index contributed by atoms with van der Waals surface area (Å²) in [5, 5.41) is 10.2. The highest BCUT2D eigenvalue weighted by Gasteiger charge is 2.48. The Labute approximate surface area is 214 Å². The summed E-state index contributed by atoms with van der Waals surface area (Å²) in [5.74, 6) is 0.0362. The Morgan fingerprint density at radius 2 is 1.94 bits per heavy atom. The molecule has 0 radical (unpaired) electrons. The van der Waals surface area contributed by atoms with Crippen LogP contribution >= 0.6 is 11.3 Å². The Kier molecular flexibility index (Phi) is 4.97. The normalized spacial score (nSPS) is 24.0. The van der Waals surface area contributed by atoms with Crippen LogP contribution in [-0.4, -0.2) is 57.5 Å². The van der Waals surface area contributed by atoms with Crippen LogP contribution in [0.15, 0.2) is 5.57 Å². The van der Waals surface area contributed by atoms with Crippen LogP contribution in [0, 0.1) is 11.3 Å². The first-order chi connectivity index (χ1) is 17.0. The molecular weight excluding hydrogens is 474 g/mol. The third-order valence-corrected chi connectivity index (χ3v) is 8.93. The van der Waals surface area contributed by atoms with Gasteiger partial charge < -0.3 is 19.5 Å². The van der Waals surface area contributed by atoms with E-state index < -0.39 is 11.0 Å². The maximum Gasteiger partial charge on any atom is 0.410 e. The Balaban J connectivity index is 1.32. The standard InChI is InChI=1S/C27H31N5O3S/c1-26(2,3)35-25(34)31-12-15-7-8-16(13-31)32(15)24-30-23-21(36-24)20(33)19-17-9-6-14(11-28)10-18(17)29-22(19)27(23,4)5/h10,15-16,29H,6-9,12-13H2,1-5H3. The van der Waals surface area contributed by atoms with Crippen molar-refractivity contribution in [1.29, 1.82) is 5.26 Å². The Bertz CT molecular complexity index is 1350. The number of rotatable bonds is 1. The zero-order chi connectivity index (χ0) is 25.6. The third-order valence-electron chi connectivity index (χ3n) is 7.86. The molecule has 2 saturated heterocycles. The number of anilines is 1. The largest absolute Gasteiger partial charge is 0.444 e. The Hall–Kier alpha value is -3.12. The molecule has 0 aromatic carbocycles. The number of nitrogens with one attached hydrogen (secondary N) is 1. The van der Waals surface area contributed by atoms with E-state index in [-0.39, 0.29) is 24.0 Å². The van der Waals surface area contributed by atoms with Crippen LogP contribution in [0.1, 0.15) is 91.8 Å². The van der Waals surface area contributed by atoms with E-state index in [0.717, 1.165) is 51.8 Å². The minimum Gasteiger partial charge on any atom is -0.444 e. The molecule has 2 aromatic rings. The number of likely N-dealkylation sites (tertiary alicyclic amines) is 1. The van der Waals surface area contributed by atoms with Crippen LogP contribution in [0.5, 0.6) is 0 Å². The summed E-state index contributed by atoms with van der Waals surface area (Å²) in [7, 11) is 0. The number of nitriles is 1. The fourth-order valence-electron chi connectivity index (χ4n) is 6.17. The highest BCUT2D eigenvalue weighted by atomic mass is 32.1. The van der Waals surface area contributed by atoms with Crippen LogP contribution < -0.4 is 4.90 Å². The van der Waals surface area contributed by atoms with E-state index in [1.165, 1.54) is 11.3 Å². The fraction of sp³-hybridized carbons (Fsp3) is 0.556. The van der Waals surface area contributed by atoms with Crippen LogP contribution in [0.4, 0.5) is 9.93 Å². The lowest BCUT2D eigenvalue weighted by Crippen LogP contribution is -2.56. The van der Waals surface area contributed by atoms with Crippen LogP contribution in [-0.2, 0) is 16.6 Å². The molecule has 2 aliphatic heterocycles. The van der Waals surface area contributed by atoms with Gasteiger partial charge in [-0.2, -0.15) is 5.26 Å². The number of thiazole rings is 1. The molecule has 188 valence electrons. The van der Waals surface area contributed by atoms with Gasteiger partial charge in [-0.3, -0.25) is 4.79 Å². The van der Waals surface area contributed by atoms with Crippen molar-refractivity contribution < 1.29 is 14.3 Å². The van der Waals surface area contributed by atoms with E-state index in [4.69, 9.17) is 9.72 Å². The van der Waals surface area contributed by atoms with Gasteiger partial charge in [-0.15, -0.1) is 0 Å². The minimum atomic E-state index is -0.519. The first kappa shape index (κ1) is 23.3. The van der Waals surface area contributed by atoms with Gasteiger partial charge in [0.1, 0.15) is 10.5 Å². The molecule has 1 amide bonds. The molecule has 2 aliphatic carbocycles. The quantitative estimate of drug-likeness (QED) is 0.598. The number of piperazine rings is 1. The van der Waals surface area contributed by atoms with E-state index in [9.17, 15) is 14.9 Å². The summed E-state index contributed by atoms with van der Waals surface area (Å²) in [6, 6.07) is 2.59. The van der Waals surface area contributed by atoms with Gasteiger partial charge in [0.15, 0.2) is 5.13 Å². The number of carbonyl (C=O) groups is 2. The van der Waals surface area contributed by atoms with Gasteiger partial charge in [-0.1, -0.05) is 11.3 Å².